The lowest BCUT2D eigenvalue weighted by atomic mass is 10.0. The van der Waals surface area contributed by atoms with Crippen molar-refractivity contribution in [3.63, 3.8) is 0 Å². The van der Waals surface area contributed by atoms with Crippen molar-refractivity contribution in [1.29, 1.82) is 0 Å². The Kier molecular flexibility index (Phi) is 16.1. The monoisotopic (exact) mass is 511 g/mol. The average molecular weight is 512 g/mol. The van der Waals surface area contributed by atoms with Gasteiger partial charge in [-0.2, -0.15) is 0 Å². The highest BCUT2D eigenvalue weighted by atomic mass is 16.4. The Bertz CT molecular complexity index is 686. The van der Waals surface area contributed by atoms with Gasteiger partial charge in [-0.25, -0.2) is 0 Å². The molecule has 1 aliphatic heterocycles. The first-order valence-electron chi connectivity index (χ1n) is 14.0. The van der Waals surface area contributed by atoms with Crippen molar-refractivity contribution < 1.29 is 29.4 Å². The largest absolute Gasteiger partial charge is 0.481 e. The zero-order chi connectivity index (χ0) is 26.9. The number of carbonyl (C=O) groups excluding carboxylic acids is 3. The zero-order valence-electron chi connectivity index (χ0n) is 22.4. The van der Waals surface area contributed by atoms with Gasteiger partial charge in [0.2, 0.25) is 17.7 Å². The van der Waals surface area contributed by atoms with Crippen LogP contribution in [0.5, 0.6) is 0 Å². The molecule has 36 heavy (non-hydrogen) atoms. The van der Waals surface area contributed by atoms with E-state index in [0.29, 0.717) is 12.8 Å². The van der Waals surface area contributed by atoms with Gasteiger partial charge in [0.1, 0.15) is 12.1 Å². The van der Waals surface area contributed by atoms with Gasteiger partial charge in [-0.05, 0) is 32.6 Å². The number of aliphatic hydroxyl groups excluding tert-OH is 1. The minimum atomic E-state index is -1.22. The van der Waals surface area contributed by atoms with Crippen LogP contribution in [0, 0.1) is 0 Å². The van der Waals surface area contributed by atoms with Crippen molar-refractivity contribution in [2.24, 2.45) is 5.73 Å². The van der Waals surface area contributed by atoms with Crippen LogP contribution in [0.15, 0.2) is 0 Å². The van der Waals surface area contributed by atoms with E-state index in [1.165, 1.54) is 37.0 Å². The van der Waals surface area contributed by atoms with E-state index in [1.807, 2.05) is 0 Å². The van der Waals surface area contributed by atoms with Crippen LogP contribution < -0.4 is 11.1 Å². The fourth-order valence-electron chi connectivity index (χ4n) is 4.98. The smallest absolute Gasteiger partial charge is 0.305 e. The Hall–Kier alpha value is -2.16. The molecule has 1 heterocycles. The molecule has 1 fully saturated rings. The minimum Gasteiger partial charge on any atom is -0.481 e. The second-order valence-corrected chi connectivity index (χ2v) is 10.3. The number of amides is 3. The number of hydrogen-bond acceptors (Lipinski definition) is 5. The molecule has 1 saturated heterocycles. The van der Waals surface area contributed by atoms with E-state index in [2.05, 4.69) is 12.2 Å². The van der Waals surface area contributed by atoms with E-state index in [1.54, 1.807) is 6.92 Å². The summed E-state index contributed by atoms with van der Waals surface area (Å²) in [5.74, 6) is -2.73. The molecule has 208 valence electrons. The van der Waals surface area contributed by atoms with Gasteiger partial charge in [-0.15, -0.1) is 0 Å². The molecule has 0 aromatic carbocycles. The quantitative estimate of drug-likeness (QED) is 0.173. The maximum Gasteiger partial charge on any atom is 0.305 e. The molecule has 9 nitrogen and oxygen atoms in total. The van der Waals surface area contributed by atoms with Crippen molar-refractivity contribution in [1.82, 2.24) is 10.2 Å². The summed E-state index contributed by atoms with van der Waals surface area (Å²) >= 11 is 0. The summed E-state index contributed by atoms with van der Waals surface area (Å²) in [5.41, 5.74) is 5.32. The van der Waals surface area contributed by atoms with Gasteiger partial charge < -0.3 is 26.2 Å². The standard InChI is InChI=1S/C27H49N3O6/c1-3-4-5-12-15-21(31)16-13-10-8-6-7-9-11-14-17-24(32)29-22-18-20(2)30(27(22)36)23(26(28)35)19-25(33)34/h20-23,31H,3-19H2,1-2H3,(H2,28,35)(H,29,32)(H,33,34). The number of rotatable bonds is 21. The molecule has 3 amide bonds. The van der Waals surface area contributed by atoms with Gasteiger partial charge in [-0.1, -0.05) is 77.6 Å². The molecule has 1 aliphatic rings. The third-order valence-electron chi connectivity index (χ3n) is 7.05. The van der Waals surface area contributed by atoms with Crippen LogP contribution in [0.1, 0.15) is 123 Å². The number of primary amides is 1. The number of nitrogens with two attached hydrogens (primary N) is 1. The Morgan fingerprint density at radius 3 is 2.03 bits per heavy atom. The summed E-state index contributed by atoms with van der Waals surface area (Å²) in [6.07, 6.45) is 15.1. The Labute approximate surface area is 216 Å². The van der Waals surface area contributed by atoms with E-state index >= 15 is 0 Å². The Morgan fingerprint density at radius 2 is 1.50 bits per heavy atom. The van der Waals surface area contributed by atoms with Crippen LogP contribution in [-0.2, 0) is 19.2 Å². The highest BCUT2D eigenvalue weighted by Crippen LogP contribution is 2.24. The molecular formula is C27H49N3O6. The van der Waals surface area contributed by atoms with Gasteiger partial charge in [-0.3, -0.25) is 19.2 Å². The predicted molar refractivity (Wildman–Crippen MR) is 139 cm³/mol. The number of carboxylic acid groups (broad SMARTS) is 1. The summed E-state index contributed by atoms with van der Waals surface area (Å²) in [6.45, 7) is 3.91. The van der Waals surface area contributed by atoms with Crippen molar-refractivity contribution in [3.8, 4) is 0 Å². The maximum atomic E-state index is 12.7. The summed E-state index contributed by atoms with van der Waals surface area (Å²) in [5, 5.41) is 21.8. The number of nitrogens with one attached hydrogen (secondary N) is 1. The maximum absolute atomic E-state index is 12.7. The Morgan fingerprint density at radius 1 is 0.972 bits per heavy atom. The first-order chi connectivity index (χ1) is 17.2. The molecule has 0 spiro atoms. The molecule has 5 N–H and O–H groups in total. The van der Waals surface area contributed by atoms with Gasteiger partial charge in [0.15, 0.2) is 0 Å². The minimum absolute atomic E-state index is 0.145. The highest BCUT2D eigenvalue weighted by Gasteiger charge is 2.43. The van der Waals surface area contributed by atoms with E-state index < -0.39 is 36.3 Å². The number of unbranched alkanes of at least 4 members (excludes halogenated alkanes) is 10. The summed E-state index contributed by atoms with van der Waals surface area (Å²) in [4.78, 5) is 49.0. The molecular weight excluding hydrogens is 462 g/mol. The molecule has 1 rings (SSSR count). The van der Waals surface area contributed by atoms with Gasteiger partial charge in [0.25, 0.3) is 0 Å². The average Bonchev–Trinajstić information content (AvgIpc) is 3.08. The lowest BCUT2D eigenvalue weighted by molar-refractivity contribution is -0.145. The lowest BCUT2D eigenvalue weighted by Gasteiger charge is -2.28. The van der Waals surface area contributed by atoms with Gasteiger partial charge in [0, 0.05) is 12.5 Å². The van der Waals surface area contributed by atoms with Crippen molar-refractivity contribution in [2.45, 2.75) is 147 Å². The van der Waals surface area contributed by atoms with E-state index in [4.69, 9.17) is 10.8 Å². The fraction of sp³-hybridized carbons (Fsp3) is 0.852. The van der Waals surface area contributed by atoms with Crippen molar-refractivity contribution >= 4 is 23.7 Å². The van der Waals surface area contributed by atoms with Crippen LogP contribution >= 0.6 is 0 Å². The second-order valence-electron chi connectivity index (χ2n) is 10.3. The number of nitrogens with zero attached hydrogens (tertiary/aromatic N) is 1. The summed E-state index contributed by atoms with van der Waals surface area (Å²) in [6, 6.07) is -2.35. The molecule has 4 unspecified atom stereocenters. The normalized spacial score (nSPS) is 19.3. The Balaban J connectivity index is 2.12. The second kappa shape index (κ2) is 18.1. The van der Waals surface area contributed by atoms with Crippen molar-refractivity contribution in [2.75, 3.05) is 0 Å². The third kappa shape index (κ3) is 12.7. The van der Waals surface area contributed by atoms with Gasteiger partial charge in [0.05, 0.1) is 12.5 Å². The van der Waals surface area contributed by atoms with Crippen LogP contribution in [0.3, 0.4) is 0 Å². The number of hydrogen-bond donors (Lipinski definition) is 4. The number of likely N-dealkylation sites (tertiary alicyclic amines) is 1. The van der Waals surface area contributed by atoms with Crippen LogP contribution in [0.25, 0.3) is 0 Å². The number of carboxylic acids is 1. The molecule has 0 aromatic heterocycles. The number of carbonyl (C=O) groups is 4. The zero-order valence-corrected chi connectivity index (χ0v) is 22.4. The first kappa shape index (κ1) is 31.9. The van der Waals surface area contributed by atoms with E-state index in [-0.39, 0.29) is 18.1 Å². The van der Waals surface area contributed by atoms with Crippen LogP contribution in [0.2, 0.25) is 0 Å². The molecule has 4 atom stereocenters. The highest BCUT2D eigenvalue weighted by molar-refractivity contribution is 5.94. The van der Waals surface area contributed by atoms with Crippen LogP contribution in [0.4, 0.5) is 0 Å². The predicted octanol–water partition coefficient (Wildman–Crippen LogP) is 3.65. The molecule has 0 aliphatic carbocycles. The molecule has 0 aromatic rings. The topological polar surface area (TPSA) is 150 Å². The fourth-order valence-corrected chi connectivity index (χ4v) is 4.98. The van der Waals surface area contributed by atoms with Crippen LogP contribution in [-0.4, -0.2) is 63.0 Å². The third-order valence-corrected chi connectivity index (χ3v) is 7.05. The van der Waals surface area contributed by atoms with Gasteiger partial charge >= 0.3 is 5.97 Å². The van der Waals surface area contributed by atoms with E-state index in [0.717, 1.165) is 57.8 Å². The molecule has 0 saturated carbocycles. The SMILES string of the molecule is CCCCCCC(O)CCCCCCCCCCC(=O)NC1CC(C)N(C(CC(=O)O)C(N)=O)C1=O. The first-order valence-corrected chi connectivity index (χ1v) is 14.0. The van der Waals surface area contributed by atoms with Crippen molar-refractivity contribution in [3.05, 3.63) is 0 Å². The van der Waals surface area contributed by atoms with E-state index in [9.17, 15) is 24.3 Å². The summed E-state index contributed by atoms with van der Waals surface area (Å²) < 4.78 is 0. The number of aliphatic hydroxyl groups is 1. The molecule has 0 radical (unpaired) electrons. The number of aliphatic carboxylic acids is 1. The lowest BCUT2D eigenvalue weighted by Crippen LogP contribution is -2.51. The molecule has 0 bridgehead atoms. The molecule has 9 heteroatoms. The summed E-state index contributed by atoms with van der Waals surface area (Å²) in [7, 11) is 0.